The van der Waals surface area contributed by atoms with Crippen molar-refractivity contribution in [2.75, 3.05) is 19.8 Å². The summed E-state index contributed by atoms with van der Waals surface area (Å²) in [4.78, 5) is 15.5. The number of rotatable bonds is 6. The van der Waals surface area contributed by atoms with Crippen LogP contribution in [0.25, 0.3) is 0 Å². The monoisotopic (exact) mass is 397 g/mol. The van der Waals surface area contributed by atoms with Gasteiger partial charge in [-0.1, -0.05) is 18.6 Å². The molecule has 1 heterocycles. The van der Waals surface area contributed by atoms with Crippen LogP contribution in [-0.2, 0) is 23.2 Å². The lowest BCUT2D eigenvalue weighted by molar-refractivity contribution is -0.142. The Labute approximate surface area is 171 Å². The van der Waals surface area contributed by atoms with Crippen molar-refractivity contribution in [3.8, 4) is 11.5 Å². The summed E-state index contributed by atoms with van der Waals surface area (Å²) in [7, 11) is 0. The number of carbonyl (C=O) groups excluding carboxylic acids is 1. The molecule has 0 unspecified atom stereocenters. The lowest BCUT2D eigenvalue weighted by atomic mass is 9.63. The molecule has 1 amide bonds. The van der Waals surface area contributed by atoms with E-state index in [2.05, 4.69) is 6.07 Å². The minimum absolute atomic E-state index is 0.160. The van der Waals surface area contributed by atoms with Crippen molar-refractivity contribution in [1.29, 1.82) is 0 Å². The first-order valence-electron chi connectivity index (χ1n) is 10.5. The highest BCUT2D eigenvalue weighted by Gasteiger charge is 2.48. The molecule has 0 bridgehead atoms. The SMILES string of the molecule is CCOc1cc2c(cc1OCC)CN(C(=O)C1(c3ccc(F)cc3)CCC1)CC2. The maximum absolute atomic E-state index is 13.6. The molecule has 5 heteroatoms. The van der Waals surface area contributed by atoms with Crippen molar-refractivity contribution in [2.45, 2.75) is 51.5 Å². The standard InChI is InChI=1S/C24H28FNO3/c1-3-28-21-14-17-10-13-26(16-18(17)15-22(21)29-4-2)23(27)24(11-5-12-24)19-6-8-20(25)9-7-19/h6-9,14-15H,3-5,10-13,16H2,1-2H3. The summed E-state index contributed by atoms with van der Waals surface area (Å²) in [5.74, 6) is 1.40. The van der Waals surface area contributed by atoms with Crippen LogP contribution in [0, 0.1) is 5.82 Å². The fraction of sp³-hybridized carbons (Fsp3) is 0.458. The Hall–Kier alpha value is -2.56. The highest BCUT2D eigenvalue weighted by Crippen LogP contribution is 2.46. The topological polar surface area (TPSA) is 38.8 Å². The molecule has 4 nitrogen and oxygen atoms in total. The summed E-state index contributed by atoms with van der Waals surface area (Å²) in [6.45, 7) is 6.33. The third-order valence-electron chi connectivity index (χ3n) is 6.18. The van der Waals surface area contributed by atoms with Crippen LogP contribution in [0.15, 0.2) is 36.4 Å². The molecule has 0 saturated heterocycles. The Morgan fingerprint density at radius 2 is 1.66 bits per heavy atom. The molecular weight excluding hydrogens is 369 g/mol. The molecule has 29 heavy (non-hydrogen) atoms. The molecule has 1 aliphatic heterocycles. The van der Waals surface area contributed by atoms with Crippen molar-refractivity contribution in [3.05, 3.63) is 58.9 Å². The first-order valence-corrected chi connectivity index (χ1v) is 10.5. The van der Waals surface area contributed by atoms with Gasteiger partial charge in [0.05, 0.1) is 18.6 Å². The summed E-state index contributed by atoms with van der Waals surface area (Å²) in [5, 5.41) is 0. The Kier molecular flexibility index (Phi) is 5.48. The number of carbonyl (C=O) groups is 1. The molecule has 4 rings (SSSR count). The first kappa shape index (κ1) is 19.7. The Morgan fingerprint density at radius 1 is 1.03 bits per heavy atom. The highest BCUT2D eigenvalue weighted by molar-refractivity contribution is 5.89. The molecule has 2 aromatic carbocycles. The summed E-state index contributed by atoms with van der Waals surface area (Å²) in [6.07, 6.45) is 3.48. The largest absolute Gasteiger partial charge is 0.490 e. The quantitative estimate of drug-likeness (QED) is 0.713. The molecular formula is C24H28FNO3. The van der Waals surface area contributed by atoms with E-state index >= 15 is 0 Å². The van der Waals surface area contributed by atoms with Gasteiger partial charge < -0.3 is 14.4 Å². The number of ether oxygens (including phenoxy) is 2. The van der Waals surface area contributed by atoms with E-state index < -0.39 is 5.41 Å². The van der Waals surface area contributed by atoms with Gasteiger partial charge in [0.15, 0.2) is 11.5 Å². The number of fused-ring (bicyclic) bond motifs is 1. The van der Waals surface area contributed by atoms with Gasteiger partial charge in [-0.2, -0.15) is 0 Å². The minimum atomic E-state index is -0.501. The van der Waals surface area contributed by atoms with E-state index in [1.807, 2.05) is 24.8 Å². The number of nitrogens with zero attached hydrogens (tertiary/aromatic N) is 1. The van der Waals surface area contributed by atoms with Crippen molar-refractivity contribution in [1.82, 2.24) is 4.90 Å². The van der Waals surface area contributed by atoms with Crippen molar-refractivity contribution in [3.63, 3.8) is 0 Å². The number of benzene rings is 2. The fourth-order valence-corrected chi connectivity index (χ4v) is 4.50. The third-order valence-corrected chi connectivity index (χ3v) is 6.18. The molecule has 154 valence electrons. The Bertz CT molecular complexity index is 890. The van der Waals surface area contributed by atoms with Crippen LogP contribution in [0.1, 0.15) is 49.8 Å². The van der Waals surface area contributed by atoms with E-state index in [9.17, 15) is 9.18 Å². The molecule has 1 fully saturated rings. The van der Waals surface area contributed by atoms with Crippen LogP contribution in [0.3, 0.4) is 0 Å². The average molecular weight is 397 g/mol. The van der Waals surface area contributed by atoms with E-state index in [4.69, 9.17) is 9.47 Å². The second-order valence-electron chi connectivity index (χ2n) is 7.85. The van der Waals surface area contributed by atoms with Gasteiger partial charge in [0.1, 0.15) is 5.82 Å². The zero-order valence-corrected chi connectivity index (χ0v) is 17.2. The van der Waals surface area contributed by atoms with Crippen LogP contribution in [0.2, 0.25) is 0 Å². The van der Waals surface area contributed by atoms with E-state index in [0.29, 0.717) is 26.3 Å². The molecule has 0 atom stereocenters. The molecule has 0 aromatic heterocycles. The van der Waals surface area contributed by atoms with Gasteiger partial charge in [-0.05, 0) is 74.1 Å². The maximum atomic E-state index is 13.6. The molecule has 1 aliphatic carbocycles. The van der Waals surface area contributed by atoms with Gasteiger partial charge in [-0.3, -0.25) is 4.79 Å². The minimum Gasteiger partial charge on any atom is -0.490 e. The highest BCUT2D eigenvalue weighted by atomic mass is 19.1. The zero-order chi connectivity index (χ0) is 20.4. The van der Waals surface area contributed by atoms with Crippen LogP contribution in [0.5, 0.6) is 11.5 Å². The smallest absolute Gasteiger partial charge is 0.233 e. The molecule has 0 N–H and O–H groups in total. The van der Waals surface area contributed by atoms with Crippen LogP contribution < -0.4 is 9.47 Å². The Morgan fingerprint density at radius 3 is 2.21 bits per heavy atom. The van der Waals surface area contributed by atoms with E-state index in [-0.39, 0.29) is 11.7 Å². The Balaban J connectivity index is 1.59. The summed E-state index contributed by atoms with van der Waals surface area (Å²) < 4.78 is 24.9. The van der Waals surface area contributed by atoms with Crippen LogP contribution in [0.4, 0.5) is 4.39 Å². The lowest BCUT2D eigenvalue weighted by Crippen LogP contribution is -2.52. The third kappa shape index (κ3) is 3.59. The molecule has 2 aromatic rings. The lowest BCUT2D eigenvalue weighted by Gasteiger charge is -2.45. The van der Waals surface area contributed by atoms with Crippen molar-refractivity contribution < 1.29 is 18.7 Å². The number of hydrogen-bond donors (Lipinski definition) is 0. The van der Waals surface area contributed by atoms with Crippen LogP contribution in [-0.4, -0.2) is 30.6 Å². The van der Waals surface area contributed by atoms with Gasteiger partial charge in [-0.25, -0.2) is 4.39 Å². The summed E-state index contributed by atoms with van der Waals surface area (Å²) >= 11 is 0. The average Bonchev–Trinajstić information content (AvgIpc) is 2.69. The normalized spacial score (nSPS) is 17.3. The van der Waals surface area contributed by atoms with Gasteiger partial charge in [0.25, 0.3) is 0 Å². The molecule has 0 radical (unpaired) electrons. The molecule has 0 spiro atoms. The van der Waals surface area contributed by atoms with Crippen LogP contribution >= 0.6 is 0 Å². The van der Waals surface area contributed by atoms with E-state index in [1.165, 1.54) is 17.7 Å². The van der Waals surface area contributed by atoms with Gasteiger partial charge >= 0.3 is 0 Å². The molecule has 2 aliphatic rings. The maximum Gasteiger partial charge on any atom is 0.233 e. The molecule has 1 saturated carbocycles. The van der Waals surface area contributed by atoms with Crippen molar-refractivity contribution >= 4 is 5.91 Å². The van der Waals surface area contributed by atoms with Gasteiger partial charge in [0.2, 0.25) is 5.91 Å². The summed E-state index contributed by atoms with van der Waals surface area (Å²) in [6, 6.07) is 10.5. The number of hydrogen-bond acceptors (Lipinski definition) is 3. The number of halogens is 1. The second-order valence-corrected chi connectivity index (χ2v) is 7.85. The van der Waals surface area contributed by atoms with Gasteiger partial charge in [0, 0.05) is 13.1 Å². The predicted octanol–water partition coefficient (Wildman–Crippen LogP) is 4.63. The van der Waals surface area contributed by atoms with E-state index in [1.54, 1.807) is 12.1 Å². The zero-order valence-electron chi connectivity index (χ0n) is 17.2. The number of amides is 1. The van der Waals surface area contributed by atoms with E-state index in [0.717, 1.165) is 48.3 Å². The van der Waals surface area contributed by atoms with Gasteiger partial charge in [-0.15, -0.1) is 0 Å². The fourth-order valence-electron chi connectivity index (χ4n) is 4.50. The first-order chi connectivity index (χ1) is 14.1. The predicted molar refractivity (Wildman–Crippen MR) is 110 cm³/mol. The van der Waals surface area contributed by atoms with Crippen molar-refractivity contribution in [2.24, 2.45) is 0 Å². The second kappa shape index (κ2) is 8.05. The summed E-state index contributed by atoms with van der Waals surface area (Å²) in [5.41, 5.74) is 2.76.